The van der Waals surface area contributed by atoms with Crippen molar-refractivity contribution in [2.24, 2.45) is 0 Å². The van der Waals surface area contributed by atoms with Crippen molar-refractivity contribution in [3.63, 3.8) is 0 Å². The summed E-state index contributed by atoms with van der Waals surface area (Å²) < 4.78 is 5.36. The molecule has 1 fully saturated rings. The number of ether oxygens (including phenoxy) is 1. The Bertz CT molecular complexity index is 398. The highest BCUT2D eigenvalue weighted by atomic mass is 35.5. The maximum atomic E-state index is 11.8. The zero-order valence-corrected chi connectivity index (χ0v) is 12.4. The minimum absolute atomic E-state index is 0. The van der Waals surface area contributed by atoms with Gasteiger partial charge in [-0.05, 0) is 18.6 Å². The molecule has 0 bridgehead atoms. The molecule has 108 valence electrons. The summed E-state index contributed by atoms with van der Waals surface area (Å²) in [6, 6.07) is 3.86. The van der Waals surface area contributed by atoms with Crippen molar-refractivity contribution in [3.05, 3.63) is 29.6 Å². The number of pyridine rings is 1. The lowest BCUT2D eigenvalue weighted by Crippen LogP contribution is -2.47. The van der Waals surface area contributed by atoms with Crippen LogP contribution in [0.4, 0.5) is 0 Å². The first-order valence-electron chi connectivity index (χ1n) is 5.78. The predicted molar refractivity (Wildman–Crippen MR) is 77.9 cm³/mol. The van der Waals surface area contributed by atoms with Crippen molar-refractivity contribution < 1.29 is 9.53 Å². The van der Waals surface area contributed by atoms with Crippen LogP contribution < -0.4 is 10.6 Å². The van der Waals surface area contributed by atoms with Crippen molar-refractivity contribution in [2.45, 2.75) is 19.6 Å². The van der Waals surface area contributed by atoms with Crippen LogP contribution in [0, 0.1) is 6.92 Å². The van der Waals surface area contributed by atoms with Gasteiger partial charge in [0.1, 0.15) is 6.10 Å². The SMILES string of the molecule is Cc1cccnc1CNC(=O)C1CNCCO1.Cl.Cl. The van der Waals surface area contributed by atoms with Gasteiger partial charge in [0, 0.05) is 19.3 Å². The minimum atomic E-state index is -0.382. The van der Waals surface area contributed by atoms with Crippen molar-refractivity contribution in [1.82, 2.24) is 15.6 Å². The predicted octanol–water partition coefficient (Wildman–Crippen LogP) is 0.838. The summed E-state index contributed by atoms with van der Waals surface area (Å²) in [7, 11) is 0. The first kappa shape index (κ1) is 18.1. The van der Waals surface area contributed by atoms with Crippen molar-refractivity contribution in [3.8, 4) is 0 Å². The Kier molecular flexibility index (Phi) is 8.67. The normalized spacial score (nSPS) is 17.8. The van der Waals surface area contributed by atoms with Crippen molar-refractivity contribution >= 4 is 30.7 Å². The molecule has 2 rings (SSSR count). The number of hydrogen-bond acceptors (Lipinski definition) is 4. The third-order valence-corrected chi connectivity index (χ3v) is 2.77. The van der Waals surface area contributed by atoms with Gasteiger partial charge in [-0.2, -0.15) is 0 Å². The van der Waals surface area contributed by atoms with Gasteiger partial charge in [0.25, 0.3) is 5.91 Å². The first-order chi connectivity index (χ1) is 8.27. The Morgan fingerprint density at radius 2 is 2.37 bits per heavy atom. The van der Waals surface area contributed by atoms with Gasteiger partial charge in [0.15, 0.2) is 0 Å². The number of carbonyl (C=O) groups excluding carboxylic acids is 1. The van der Waals surface area contributed by atoms with E-state index in [-0.39, 0.29) is 36.8 Å². The van der Waals surface area contributed by atoms with Crippen molar-refractivity contribution in [2.75, 3.05) is 19.7 Å². The molecule has 1 saturated heterocycles. The Morgan fingerprint density at radius 1 is 1.58 bits per heavy atom. The molecule has 0 spiro atoms. The fraction of sp³-hybridized carbons (Fsp3) is 0.500. The average Bonchev–Trinajstić information content (AvgIpc) is 2.38. The van der Waals surface area contributed by atoms with Gasteiger partial charge in [0.2, 0.25) is 0 Å². The van der Waals surface area contributed by atoms with Gasteiger partial charge in [0.05, 0.1) is 18.8 Å². The number of aryl methyl sites for hydroxylation is 1. The molecule has 0 saturated carbocycles. The monoisotopic (exact) mass is 307 g/mol. The minimum Gasteiger partial charge on any atom is -0.366 e. The largest absolute Gasteiger partial charge is 0.366 e. The molecule has 2 N–H and O–H groups in total. The number of carbonyl (C=O) groups is 1. The highest BCUT2D eigenvalue weighted by Crippen LogP contribution is 2.03. The van der Waals surface area contributed by atoms with E-state index in [0.717, 1.165) is 17.8 Å². The Morgan fingerprint density at radius 3 is 3.00 bits per heavy atom. The number of morpholine rings is 1. The molecule has 1 atom stereocenters. The summed E-state index contributed by atoms with van der Waals surface area (Å²) in [6.07, 6.45) is 1.35. The lowest BCUT2D eigenvalue weighted by atomic mass is 10.2. The van der Waals surface area contributed by atoms with Gasteiger partial charge in [-0.3, -0.25) is 9.78 Å². The lowest BCUT2D eigenvalue weighted by Gasteiger charge is -2.22. The summed E-state index contributed by atoms with van der Waals surface area (Å²) in [5.74, 6) is -0.0812. The third kappa shape index (κ3) is 5.32. The van der Waals surface area contributed by atoms with Crippen LogP contribution in [0.2, 0.25) is 0 Å². The number of nitrogens with one attached hydrogen (secondary N) is 2. The number of hydrogen-bond donors (Lipinski definition) is 2. The molecule has 0 radical (unpaired) electrons. The van der Waals surface area contributed by atoms with Gasteiger partial charge in [-0.25, -0.2) is 0 Å². The van der Waals surface area contributed by atoms with E-state index in [0.29, 0.717) is 19.7 Å². The van der Waals surface area contributed by atoms with E-state index in [9.17, 15) is 4.79 Å². The number of halogens is 2. The van der Waals surface area contributed by atoms with E-state index >= 15 is 0 Å². The molecule has 0 aromatic carbocycles. The zero-order chi connectivity index (χ0) is 12.1. The van der Waals surface area contributed by atoms with Gasteiger partial charge in [-0.15, -0.1) is 24.8 Å². The number of aromatic nitrogens is 1. The van der Waals surface area contributed by atoms with E-state index in [2.05, 4.69) is 15.6 Å². The molecule has 1 aliphatic rings. The highest BCUT2D eigenvalue weighted by molar-refractivity contribution is 5.85. The van der Waals surface area contributed by atoms with Crippen molar-refractivity contribution in [1.29, 1.82) is 0 Å². The Hall–Kier alpha value is -0.880. The maximum Gasteiger partial charge on any atom is 0.250 e. The van der Waals surface area contributed by atoms with Crippen LogP contribution in [0.25, 0.3) is 0 Å². The second kappa shape index (κ2) is 9.09. The quantitative estimate of drug-likeness (QED) is 0.868. The highest BCUT2D eigenvalue weighted by Gasteiger charge is 2.21. The molecule has 1 aromatic rings. The molecule has 7 heteroatoms. The van der Waals surface area contributed by atoms with Crippen LogP contribution in [0.1, 0.15) is 11.3 Å². The molecular weight excluding hydrogens is 289 g/mol. The smallest absolute Gasteiger partial charge is 0.250 e. The van der Waals surface area contributed by atoms with Crippen LogP contribution in [-0.4, -0.2) is 36.7 Å². The van der Waals surface area contributed by atoms with E-state index < -0.39 is 0 Å². The molecule has 19 heavy (non-hydrogen) atoms. The molecule has 1 aromatic heterocycles. The number of nitrogens with zero attached hydrogens (tertiary/aromatic N) is 1. The van der Waals surface area contributed by atoms with Crippen LogP contribution in [0.5, 0.6) is 0 Å². The number of amides is 1. The molecule has 0 aliphatic carbocycles. The summed E-state index contributed by atoms with van der Waals surface area (Å²) in [5.41, 5.74) is 1.97. The van der Waals surface area contributed by atoms with E-state index in [1.165, 1.54) is 0 Å². The van der Waals surface area contributed by atoms with Crippen LogP contribution in [0.15, 0.2) is 18.3 Å². The Balaban J connectivity index is 0.00000162. The van der Waals surface area contributed by atoms with E-state index in [4.69, 9.17) is 4.74 Å². The van der Waals surface area contributed by atoms with Crippen LogP contribution in [-0.2, 0) is 16.1 Å². The molecule has 1 unspecified atom stereocenters. The van der Waals surface area contributed by atoms with E-state index in [1.54, 1.807) is 6.20 Å². The second-order valence-corrected chi connectivity index (χ2v) is 4.05. The molecule has 2 heterocycles. The fourth-order valence-electron chi connectivity index (χ4n) is 1.72. The zero-order valence-electron chi connectivity index (χ0n) is 10.7. The third-order valence-electron chi connectivity index (χ3n) is 2.77. The Labute approximate surface area is 125 Å². The van der Waals surface area contributed by atoms with Gasteiger partial charge < -0.3 is 15.4 Å². The standard InChI is InChI=1S/C12H17N3O2.2ClH/c1-9-3-2-4-14-10(9)7-15-12(16)11-8-13-5-6-17-11;;/h2-4,11,13H,5-8H2,1H3,(H,15,16);2*1H. The summed E-state index contributed by atoms with van der Waals surface area (Å²) in [4.78, 5) is 16.0. The first-order valence-corrected chi connectivity index (χ1v) is 5.78. The molecule has 1 amide bonds. The van der Waals surface area contributed by atoms with E-state index in [1.807, 2.05) is 19.1 Å². The summed E-state index contributed by atoms with van der Waals surface area (Å²) in [6.45, 7) is 4.40. The molecule has 5 nitrogen and oxygen atoms in total. The van der Waals surface area contributed by atoms with Gasteiger partial charge >= 0.3 is 0 Å². The second-order valence-electron chi connectivity index (χ2n) is 4.05. The average molecular weight is 308 g/mol. The van der Waals surface area contributed by atoms with Gasteiger partial charge in [-0.1, -0.05) is 6.07 Å². The maximum absolute atomic E-state index is 11.8. The van der Waals surface area contributed by atoms with Crippen LogP contribution in [0.3, 0.4) is 0 Å². The lowest BCUT2D eigenvalue weighted by molar-refractivity contribution is -0.134. The number of rotatable bonds is 3. The fourth-order valence-corrected chi connectivity index (χ4v) is 1.72. The molecule has 1 aliphatic heterocycles. The van der Waals surface area contributed by atoms with Crippen LogP contribution >= 0.6 is 24.8 Å². The molecular formula is C12H19Cl2N3O2. The summed E-state index contributed by atoms with van der Waals surface area (Å²) >= 11 is 0. The summed E-state index contributed by atoms with van der Waals surface area (Å²) in [5, 5.41) is 5.97. The topological polar surface area (TPSA) is 63.2 Å².